The van der Waals surface area contributed by atoms with Crippen molar-refractivity contribution in [2.45, 2.75) is 64.2 Å². The maximum absolute atomic E-state index is 12.4. The molecule has 1 aliphatic rings. The third kappa shape index (κ3) is 7.21. The number of hydrogen-bond acceptors (Lipinski definition) is 2. The van der Waals surface area contributed by atoms with E-state index in [4.69, 9.17) is 5.73 Å². The minimum absolute atomic E-state index is 0.169. The van der Waals surface area contributed by atoms with E-state index in [0.717, 1.165) is 32.1 Å². The van der Waals surface area contributed by atoms with Gasteiger partial charge in [0.2, 0.25) is 0 Å². The Morgan fingerprint density at radius 3 is 2.28 bits per heavy atom. The number of alkyl halides is 3. The third-order valence-electron chi connectivity index (χ3n) is 3.35. The van der Waals surface area contributed by atoms with Gasteiger partial charge in [0.05, 0.1) is 6.54 Å². The van der Waals surface area contributed by atoms with Crippen LogP contribution in [0.2, 0.25) is 0 Å². The Kier molecular flexibility index (Phi) is 5.92. The zero-order chi connectivity index (χ0) is 13.8. The summed E-state index contributed by atoms with van der Waals surface area (Å²) in [5.74, 6) is 0.312. The number of nitrogens with two attached hydrogens (primary N) is 1. The van der Waals surface area contributed by atoms with E-state index in [1.54, 1.807) is 4.90 Å². The Morgan fingerprint density at radius 2 is 1.83 bits per heavy atom. The highest BCUT2D eigenvalue weighted by molar-refractivity contribution is 4.86. The van der Waals surface area contributed by atoms with Gasteiger partial charge in [0.25, 0.3) is 0 Å². The Morgan fingerprint density at radius 1 is 1.22 bits per heavy atom. The molecule has 1 rings (SSSR count). The summed E-state index contributed by atoms with van der Waals surface area (Å²) in [5, 5.41) is 0. The summed E-state index contributed by atoms with van der Waals surface area (Å²) in [6, 6.07) is 0.356. The fourth-order valence-electron chi connectivity index (χ4n) is 2.29. The van der Waals surface area contributed by atoms with Gasteiger partial charge in [-0.2, -0.15) is 13.2 Å². The van der Waals surface area contributed by atoms with Crippen molar-refractivity contribution in [3.63, 3.8) is 0 Å². The lowest BCUT2D eigenvalue weighted by molar-refractivity contribution is -0.148. The Balaban J connectivity index is 2.27. The Labute approximate surface area is 108 Å². The lowest BCUT2D eigenvalue weighted by atomic mass is 10.0. The molecule has 0 radical (unpaired) electrons. The molecule has 108 valence electrons. The summed E-state index contributed by atoms with van der Waals surface area (Å²) in [4.78, 5) is 1.61. The normalized spacial score (nSPS) is 20.2. The standard InChI is InChI=1S/C13H25F3N2/c1-10(4-3-5-11(2)17)8-18(12-6-7-12)9-13(14,15)16/h10-12H,3-9,17H2,1-2H3. The number of hydrogen-bond donors (Lipinski definition) is 1. The number of rotatable bonds is 8. The van der Waals surface area contributed by atoms with Crippen molar-refractivity contribution < 1.29 is 13.2 Å². The zero-order valence-electron chi connectivity index (χ0n) is 11.3. The fraction of sp³-hybridized carbons (Fsp3) is 1.00. The summed E-state index contributed by atoms with van der Waals surface area (Å²) in [6.07, 6.45) is 0.679. The molecule has 1 fully saturated rings. The van der Waals surface area contributed by atoms with Gasteiger partial charge in [-0.25, -0.2) is 0 Å². The van der Waals surface area contributed by atoms with Gasteiger partial charge < -0.3 is 5.73 Å². The molecule has 18 heavy (non-hydrogen) atoms. The first kappa shape index (κ1) is 15.8. The Hall–Kier alpha value is -0.290. The molecule has 2 unspecified atom stereocenters. The molecule has 0 aromatic heterocycles. The van der Waals surface area contributed by atoms with Crippen molar-refractivity contribution in [1.29, 1.82) is 0 Å². The van der Waals surface area contributed by atoms with Gasteiger partial charge >= 0.3 is 6.18 Å². The van der Waals surface area contributed by atoms with Crippen LogP contribution in [0.1, 0.15) is 46.0 Å². The molecular formula is C13H25F3N2. The van der Waals surface area contributed by atoms with Crippen molar-refractivity contribution in [3.8, 4) is 0 Å². The number of nitrogens with zero attached hydrogens (tertiary/aromatic N) is 1. The second-order valence-electron chi connectivity index (χ2n) is 5.79. The van der Waals surface area contributed by atoms with Crippen molar-refractivity contribution in [2.75, 3.05) is 13.1 Å². The zero-order valence-corrected chi connectivity index (χ0v) is 11.3. The molecule has 0 aromatic carbocycles. The van der Waals surface area contributed by atoms with Gasteiger partial charge in [0.15, 0.2) is 0 Å². The van der Waals surface area contributed by atoms with Crippen molar-refractivity contribution >= 4 is 0 Å². The largest absolute Gasteiger partial charge is 0.401 e. The van der Waals surface area contributed by atoms with E-state index in [1.807, 2.05) is 13.8 Å². The van der Waals surface area contributed by atoms with Gasteiger partial charge in [-0.05, 0) is 38.5 Å². The van der Waals surface area contributed by atoms with Crippen molar-refractivity contribution in [3.05, 3.63) is 0 Å². The van der Waals surface area contributed by atoms with E-state index >= 15 is 0 Å². The average Bonchev–Trinajstić information content (AvgIpc) is 2.96. The predicted molar refractivity (Wildman–Crippen MR) is 67.3 cm³/mol. The summed E-state index contributed by atoms with van der Waals surface area (Å²) in [5.41, 5.74) is 5.66. The second-order valence-corrected chi connectivity index (χ2v) is 5.79. The topological polar surface area (TPSA) is 29.3 Å². The first-order valence-corrected chi connectivity index (χ1v) is 6.84. The van der Waals surface area contributed by atoms with Gasteiger partial charge in [0, 0.05) is 18.6 Å². The van der Waals surface area contributed by atoms with Gasteiger partial charge in [-0.1, -0.05) is 13.3 Å². The van der Waals surface area contributed by atoms with Crippen LogP contribution in [0.5, 0.6) is 0 Å². The predicted octanol–water partition coefficient (Wildman–Crippen LogP) is 3.17. The van der Waals surface area contributed by atoms with Crippen LogP contribution in [0.3, 0.4) is 0 Å². The summed E-state index contributed by atoms with van der Waals surface area (Å²) in [7, 11) is 0. The molecule has 2 N–H and O–H groups in total. The third-order valence-corrected chi connectivity index (χ3v) is 3.35. The molecule has 0 amide bonds. The summed E-state index contributed by atoms with van der Waals surface area (Å²) >= 11 is 0. The first-order valence-electron chi connectivity index (χ1n) is 6.84. The van der Waals surface area contributed by atoms with E-state index in [9.17, 15) is 13.2 Å². The van der Waals surface area contributed by atoms with Gasteiger partial charge in [0.1, 0.15) is 0 Å². The molecule has 0 saturated heterocycles. The molecule has 0 aromatic rings. The van der Waals surface area contributed by atoms with E-state index in [-0.39, 0.29) is 12.1 Å². The summed E-state index contributed by atoms with van der Waals surface area (Å²) in [6.45, 7) is 3.80. The van der Waals surface area contributed by atoms with Crippen molar-refractivity contribution in [1.82, 2.24) is 4.90 Å². The van der Waals surface area contributed by atoms with Crippen LogP contribution in [-0.4, -0.2) is 36.2 Å². The highest BCUT2D eigenvalue weighted by atomic mass is 19.4. The minimum atomic E-state index is -4.08. The highest BCUT2D eigenvalue weighted by Gasteiger charge is 2.38. The highest BCUT2D eigenvalue weighted by Crippen LogP contribution is 2.31. The molecule has 0 bridgehead atoms. The van der Waals surface area contributed by atoms with Crippen LogP contribution in [-0.2, 0) is 0 Å². The maximum atomic E-state index is 12.4. The molecule has 0 heterocycles. The smallest absolute Gasteiger partial charge is 0.328 e. The van der Waals surface area contributed by atoms with Crippen LogP contribution in [0.15, 0.2) is 0 Å². The maximum Gasteiger partial charge on any atom is 0.401 e. The number of halogens is 3. The van der Waals surface area contributed by atoms with Gasteiger partial charge in [-0.15, -0.1) is 0 Å². The molecule has 0 aliphatic heterocycles. The van der Waals surface area contributed by atoms with E-state index in [1.165, 1.54) is 0 Å². The van der Waals surface area contributed by atoms with Crippen LogP contribution >= 0.6 is 0 Å². The molecule has 2 nitrogen and oxygen atoms in total. The van der Waals surface area contributed by atoms with Gasteiger partial charge in [-0.3, -0.25) is 4.90 Å². The van der Waals surface area contributed by atoms with Crippen molar-refractivity contribution in [2.24, 2.45) is 11.7 Å². The second kappa shape index (κ2) is 6.75. The SMILES string of the molecule is CC(N)CCCC(C)CN(CC(F)(F)F)C1CC1. The van der Waals surface area contributed by atoms with E-state index in [0.29, 0.717) is 12.5 Å². The average molecular weight is 266 g/mol. The Bertz CT molecular complexity index is 237. The lowest BCUT2D eigenvalue weighted by Gasteiger charge is -2.26. The van der Waals surface area contributed by atoms with E-state index < -0.39 is 12.7 Å². The first-order chi connectivity index (χ1) is 8.28. The summed E-state index contributed by atoms with van der Waals surface area (Å²) < 4.78 is 37.3. The van der Waals surface area contributed by atoms with Crippen LogP contribution in [0, 0.1) is 5.92 Å². The molecule has 1 aliphatic carbocycles. The molecule has 5 heteroatoms. The van der Waals surface area contributed by atoms with Crippen LogP contribution < -0.4 is 5.73 Å². The quantitative estimate of drug-likeness (QED) is 0.731. The minimum Gasteiger partial charge on any atom is -0.328 e. The van der Waals surface area contributed by atoms with Crippen LogP contribution in [0.4, 0.5) is 13.2 Å². The van der Waals surface area contributed by atoms with E-state index in [2.05, 4.69) is 0 Å². The molecular weight excluding hydrogens is 241 g/mol. The lowest BCUT2D eigenvalue weighted by Crippen LogP contribution is -2.38. The molecule has 2 atom stereocenters. The fourth-order valence-corrected chi connectivity index (χ4v) is 2.29. The molecule has 0 spiro atoms. The molecule has 1 saturated carbocycles. The monoisotopic (exact) mass is 266 g/mol. The van der Waals surface area contributed by atoms with Crippen LogP contribution in [0.25, 0.3) is 0 Å².